The molecule has 1 atom stereocenters. The summed E-state index contributed by atoms with van der Waals surface area (Å²) in [7, 11) is 1.85. The Balaban J connectivity index is 1.80. The molecule has 0 saturated carbocycles. The first-order valence-corrected chi connectivity index (χ1v) is 7.09. The number of fused-ring (bicyclic) bond motifs is 1. The van der Waals surface area contributed by atoms with Gasteiger partial charge in [-0.3, -0.25) is 4.79 Å². The van der Waals surface area contributed by atoms with Crippen molar-refractivity contribution in [2.45, 2.75) is 25.5 Å². The molecule has 3 heteroatoms. The Morgan fingerprint density at radius 3 is 2.85 bits per heavy atom. The quantitative estimate of drug-likeness (QED) is 0.857. The largest absolute Gasteiger partial charge is 0.368 e. The summed E-state index contributed by atoms with van der Waals surface area (Å²) in [5.41, 5.74) is 1.18. The van der Waals surface area contributed by atoms with Gasteiger partial charge in [0.15, 0.2) is 0 Å². The molecule has 1 aliphatic heterocycles. The molecule has 0 radical (unpaired) electrons. The van der Waals surface area contributed by atoms with Crippen molar-refractivity contribution in [3.8, 4) is 0 Å². The molecule has 1 unspecified atom stereocenters. The number of carbonyl (C=O) groups is 1. The third-order valence-corrected chi connectivity index (χ3v) is 3.87. The van der Waals surface area contributed by atoms with Crippen LogP contribution < -0.4 is 0 Å². The zero-order valence-electron chi connectivity index (χ0n) is 11.7. The standard InChI is InChI=1S/C17H19NO2/c1-18(17(19)16-10-5-11-20-16)12-14-8-4-7-13-6-2-3-9-15(13)14/h2-4,6-9,16H,5,10-12H2,1H3. The smallest absolute Gasteiger partial charge is 0.251 e. The number of rotatable bonds is 3. The summed E-state index contributed by atoms with van der Waals surface area (Å²) in [6.45, 7) is 1.33. The van der Waals surface area contributed by atoms with Crippen LogP contribution in [0, 0.1) is 0 Å². The maximum absolute atomic E-state index is 12.3. The fourth-order valence-corrected chi connectivity index (χ4v) is 2.78. The average molecular weight is 269 g/mol. The number of benzene rings is 2. The maximum atomic E-state index is 12.3. The van der Waals surface area contributed by atoms with Crippen LogP contribution in [0.2, 0.25) is 0 Å². The van der Waals surface area contributed by atoms with Gasteiger partial charge in [0.2, 0.25) is 0 Å². The molecule has 0 N–H and O–H groups in total. The van der Waals surface area contributed by atoms with Gasteiger partial charge in [0, 0.05) is 20.2 Å². The second-order valence-electron chi connectivity index (χ2n) is 5.33. The number of nitrogens with zero attached hydrogens (tertiary/aromatic N) is 1. The van der Waals surface area contributed by atoms with Crippen LogP contribution in [0.5, 0.6) is 0 Å². The Morgan fingerprint density at radius 1 is 1.25 bits per heavy atom. The van der Waals surface area contributed by atoms with Crippen LogP contribution in [-0.2, 0) is 16.1 Å². The third-order valence-electron chi connectivity index (χ3n) is 3.87. The van der Waals surface area contributed by atoms with E-state index in [1.165, 1.54) is 16.3 Å². The first-order valence-electron chi connectivity index (χ1n) is 7.09. The average Bonchev–Trinajstić information content (AvgIpc) is 3.01. The number of hydrogen-bond acceptors (Lipinski definition) is 2. The van der Waals surface area contributed by atoms with Crippen LogP contribution in [0.1, 0.15) is 18.4 Å². The molecular weight excluding hydrogens is 250 g/mol. The minimum Gasteiger partial charge on any atom is -0.368 e. The number of hydrogen-bond donors (Lipinski definition) is 0. The highest BCUT2D eigenvalue weighted by Gasteiger charge is 2.26. The van der Waals surface area contributed by atoms with Crippen LogP contribution in [0.4, 0.5) is 0 Å². The fourth-order valence-electron chi connectivity index (χ4n) is 2.78. The summed E-state index contributed by atoms with van der Waals surface area (Å²) in [6.07, 6.45) is 1.59. The van der Waals surface area contributed by atoms with Gasteiger partial charge in [0.25, 0.3) is 5.91 Å². The van der Waals surface area contributed by atoms with Gasteiger partial charge in [-0.15, -0.1) is 0 Å². The summed E-state index contributed by atoms with van der Waals surface area (Å²) in [4.78, 5) is 14.1. The predicted molar refractivity (Wildman–Crippen MR) is 79.4 cm³/mol. The van der Waals surface area contributed by atoms with E-state index < -0.39 is 0 Å². The molecule has 1 amide bonds. The van der Waals surface area contributed by atoms with Crippen molar-refractivity contribution in [3.05, 3.63) is 48.0 Å². The molecule has 3 nitrogen and oxygen atoms in total. The van der Waals surface area contributed by atoms with Crippen molar-refractivity contribution in [2.24, 2.45) is 0 Å². The van der Waals surface area contributed by atoms with E-state index in [0.29, 0.717) is 13.2 Å². The van der Waals surface area contributed by atoms with Crippen molar-refractivity contribution in [1.82, 2.24) is 4.90 Å². The molecule has 0 aromatic heterocycles. The minimum absolute atomic E-state index is 0.0930. The van der Waals surface area contributed by atoms with Crippen molar-refractivity contribution >= 4 is 16.7 Å². The van der Waals surface area contributed by atoms with E-state index in [2.05, 4.69) is 24.3 Å². The molecule has 1 saturated heterocycles. The van der Waals surface area contributed by atoms with E-state index in [1.54, 1.807) is 4.90 Å². The molecule has 1 heterocycles. The van der Waals surface area contributed by atoms with Gasteiger partial charge in [-0.1, -0.05) is 42.5 Å². The predicted octanol–water partition coefficient (Wildman–Crippen LogP) is 2.98. The van der Waals surface area contributed by atoms with E-state index in [1.807, 2.05) is 25.2 Å². The number of carbonyl (C=O) groups excluding carboxylic acids is 1. The topological polar surface area (TPSA) is 29.5 Å². The molecule has 1 fully saturated rings. The normalized spacial score (nSPS) is 18.4. The van der Waals surface area contributed by atoms with Gasteiger partial charge >= 0.3 is 0 Å². The highest BCUT2D eigenvalue weighted by Crippen LogP contribution is 2.21. The Morgan fingerprint density at radius 2 is 2.05 bits per heavy atom. The van der Waals surface area contributed by atoms with Gasteiger partial charge < -0.3 is 9.64 Å². The zero-order chi connectivity index (χ0) is 13.9. The number of likely N-dealkylation sites (N-methyl/N-ethyl adjacent to an activating group) is 1. The van der Waals surface area contributed by atoms with E-state index in [9.17, 15) is 4.79 Å². The van der Waals surface area contributed by atoms with E-state index in [4.69, 9.17) is 4.74 Å². The van der Waals surface area contributed by atoms with Gasteiger partial charge in [-0.2, -0.15) is 0 Å². The number of amides is 1. The van der Waals surface area contributed by atoms with E-state index in [0.717, 1.165) is 12.8 Å². The summed E-state index contributed by atoms with van der Waals surface area (Å²) in [5, 5.41) is 2.42. The van der Waals surface area contributed by atoms with Crippen LogP contribution in [-0.4, -0.2) is 30.6 Å². The van der Waals surface area contributed by atoms with Crippen molar-refractivity contribution in [3.63, 3.8) is 0 Å². The summed E-state index contributed by atoms with van der Waals surface area (Å²) >= 11 is 0. The molecule has 20 heavy (non-hydrogen) atoms. The zero-order valence-corrected chi connectivity index (χ0v) is 11.7. The summed E-state index contributed by atoms with van der Waals surface area (Å²) < 4.78 is 5.47. The van der Waals surface area contributed by atoms with Crippen LogP contribution >= 0.6 is 0 Å². The van der Waals surface area contributed by atoms with Gasteiger partial charge in [0.05, 0.1) is 0 Å². The molecule has 3 rings (SSSR count). The Kier molecular flexibility index (Phi) is 3.70. The Hall–Kier alpha value is -1.87. The Labute approximate surface area is 119 Å². The lowest BCUT2D eigenvalue weighted by atomic mass is 10.0. The molecule has 104 valence electrons. The third kappa shape index (κ3) is 2.54. The van der Waals surface area contributed by atoms with E-state index >= 15 is 0 Å². The summed E-state index contributed by atoms with van der Waals surface area (Å²) in [5.74, 6) is 0.0930. The van der Waals surface area contributed by atoms with Crippen molar-refractivity contribution in [2.75, 3.05) is 13.7 Å². The summed E-state index contributed by atoms with van der Waals surface area (Å²) in [6, 6.07) is 14.5. The van der Waals surface area contributed by atoms with Crippen LogP contribution in [0.15, 0.2) is 42.5 Å². The van der Waals surface area contributed by atoms with Gasteiger partial charge in [0.1, 0.15) is 6.10 Å². The highest BCUT2D eigenvalue weighted by molar-refractivity contribution is 5.86. The lowest BCUT2D eigenvalue weighted by Crippen LogP contribution is -2.35. The maximum Gasteiger partial charge on any atom is 0.251 e. The van der Waals surface area contributed by atoms with Crippen molar-refractivity contribution in [1.29, 1.82) is 0 Å². The first kappa shape index (κ1) is 13.1. The molecule has 1 aliphatic rings. The Bertz CT molecular complexity index is 612. The van der Waals surface area contributed by atoms with Gasteiger partial charge in [-0.05, 0) is 29.2 Å². The minimum atomic E-state index is -0.241. The second-order valence-corrected chi connectivity index (χ2v) is 5.33. The van der Waals surface area contributed by atoms with E-state index in [-0.39, 0.29) is 12.0 Å². The highest BCUT2D eigenvalue weighted by atomic mass is 16.5. The lowest BCUT2D eigenvalue weighted by molar-refractivity contribution is -0.140. The first-order chi connectivity index (χ1) is 9.75. The molecule has 0 aliphatic carbocycles. The molecule has 0 bridgehead atoms. The molecular formula is C17H19NO2. The fraction of sp³-hybridized carbons (Fsp3) is 0.353. The monoisotopic (exact) mass is 269 g/mol. The number of ether oxygens (including phenoxy) is 1. The van der Waals surface area contributed by atoms with Crippen LogP contribution in [0.3, 0.4) is 0 Å². The van der Waals surface area contributed by atoms with Gasteiger partial charge in [-0.25, -0.2) is 0 Å². The SMILES string of the molecule is CN(Cc1cccc2ccccc12)C(=O)C1CCCO1. The van der Waals surface area contributed by atoms with Crippen LogP contribution in [0.25, 0.3) is 10.8 Å². The lowest BCUT2D eigenvalue weighted by Gasteiger charge is -2.21. The molecule has 2 aromatic carbocycles. The second kappa shape index (κ2) is 5.63. The molecule has 0 spiro atoms. The molecule has 2 aromatic rings. The van der Waals surface area contributed by atoms with Crippen molar-refractivity contribution < 1.29 is 9.53 Å².